The van der Waals surface area contributed by atoms with Crippen molar-refractivity contribution in [3.8, 4) is 0 Å². The van der Waals surface area contributed by atoms with Crippen LogP contribution in [0.5, 0.6) is 0 Å². The maximum Gasteiger partial charge on any atom is 0.322 e. The second kappa shape index (κ2) is 9.92. The van der Waals surface area contributed by atoms with Crippen LogP contribution in [0.15, 0.2) is 61.2 Å². The van der Waals surface area contributed by atoms with Gasteiger partial charge < -0.3 is 10.6 Å². The zero-order valence-electron chi connectivity index (χ0n) is 17.0. The van der Waals surface area contributed by atoms with Crippen LogP contribution in [0.25, 0.3) is 0 Å². The van der Waals surface area contributed by atoms with E-state index in [1.165, 1.54) is 12.8 Å². The van der Waals surface area contributed by atoms with Gasteiger partial charge in [0.15, 0.2) is 0 Å². The van der Waals surface area contributed by atoms with E-state index in [2.05, 4.69) is 23.3 Å². The normalized spacial score (nSPS) is 12.9. The van der Waals surface area contributed by atoms with Gasteiger partial charge in [0.1, 0.15) is 0 Å². The third-order valence-corrected chi connectivity index (χ3v) is 4.96. The first kappa shape index (κ1) is 20.6. The molecule has 2 N–H and O–H groups in total. The lowest BCUT2D eigenvalue weighted by atomic mass is 10.1. The summed E-state index contributed by atoms with van der Waals surface area (Å²) in [6.07, 6.45) is 4.46. The number of rotatable bonds is 9. The molecule has 1 aliphatic rings. The molecule has 5 nitrogen and oxygen atoms in total. The summed E-state index contributed by atoms with van der Waals surface area (Å²) in [5.74, 6) is 0.718. The van der Waals surface area contributed by atoms with Gasteiger partial charge in [-0.25, -0.2) is 4.79 Å². The number of urea groups is 1. The van der Waals surface area contributed by atoms with Crippen molar-refractivity contribution in [3.05, 3.63) is 77.9 Å². The van der Waals surface area contributed by atoms with E-state index in [0.717, 1.165) is 28.9 Å². The Balaban J connectivity index is 1.69. The summed E-state index contributed by atoms with van der Waals surface area (Å²) in [4.78, 5) is 26.5. The molecule has 2 aromatic rings. The Morgan fingerprint density at radius 3 is 2.52 bits per heavy atom. The number of amides is 3. The molecule has 0 aromatic heterocycles. The fraction of sp³-hybridized carbons (Fsp3) is 0.333. The second-order valence-electron chi connectivity index (χ2n) is 7.64. The number of hydrogen-bond donors (Lipinski definition) is 2. The summed E-state index contributed by atoms with van der Waals surface area (Å²) < 4.78 is 0. The summed E-state index contributed by atoms with van der Waals surface area (Å²) in [7, 11) is 0. The summed E-state index contributed by atoms with van der Waals surface area (Å²) in [5.41, 5.74) is 3.93. The van der Waals surface area contributed by atoms with Crippen molar-refractivity contribution in [1.29, 1.82) is 0 Å². The van der Waals surface area contributed by atoms with Gasteiger partial charge in [0.2, 0.25) is 5.91 Å². The van der Waals surface area contributed by atoms with Crippen molar-refractivity contribution < 1.29 is 9.59 Å². The quantitative estimate of drug-likeness (QED) is 0.636. The SMILES string of the molecule is C=CCNC(=O)N(Cc1cccc(C)c1)c1ccc(CC(=O)NCC2CC2)cc1. The molecule has 152 valence electrons. The number of nitrogens with zero attached hydrogens (tertiary/aromatic N) is 1. The van der Waals surface area contributed by atoms with Crippen molar-refractivity contribution in [2.24, 2.45) is 5.92 Å². The van der Waals surface area contributed by atoms with Gasteiger partial charge in [0.25, 0.3) is 0 Å². The molecule has 0 unspecified atom stereocenters. The molecule has 0 heterocycles. The Bertz CT molecular complexity index is 857. The maximum atomic E-state index is 12.7. The van der Waals surface area contributed by atoms with Crippen LogP contribution >= 0.6 is 0 Å². The van der Waals surface area contributed by atoms with E-state index in [1.807, 2.05) is 49.4 Å². The number of carbonyl (C=O) groups is 2. The molecule has 2 aromatic carbocycles. The third-order valence-electron chi connectivity index (χ3n) is 4.96. The van der Waals surface area contributed by atoms with Crippen molar-refractivity contribution >= 4 is 17.6 Å². The molecule has 0 radical (unpaired) electrons. The Labute approximate surface area is 172 Å². The van der Waals surface area contributed by atoms with Gasteiger partial charge in [-0.2, -0.15) is 0 Å². The maximum absolute atomic E-state index is 12.7. The first-order valence-corrected chi connectivity index (χ1v) is 10.1. The highest BCUT2D eigenvalue weighted by Gasteiger charge is 2.21. The lowest BCUT2D eigenvalue weighted by Gasteiger charge is -2.23. The first-order valence-electron chi connectivity index (χ1n) is 10.1. The molecule has 0 spiro atoms. The Hall–Kier alpha value is -3.08. The molecule has 29 heavy (non-hydrogen) atoms. The molecule has 1 saturated carbocycles. The highest BCUT2D eigenvalue weighted by Crippen LogP contribution is 2.27. The van der Waals surface area contributed by atoms with E-state index in [-0.39, 0.29) is 11.9 Å². The molecule has 0 aliphatic heterocycles. The first-order chi connectivity index (χ1) is 14.0. The van der Waals surface area contributed by atoms with Gasteiger partial charge in [0, 0.05) is 18.8 Å². The monoisotopic (exact) mass is 391 g/mol. The highest BCUT2D eigenvalue weighted by atomic mass is 16.2. The number of benzene rings is 2. The molecule has 0 atom stereocenters. The van der Waals surface area contributed by atoms with E-state index in [9.17, 15) is 9.59 Å². The van der Waals surface area contributed by atoms with Gasteiger partial charge >= 0.3 is 6.03 Å². The van der Waals surface area contributed by atoms with Crippen LogP contribution in [0, 0.1) is 12.8 Å². The van der Waals surface area contributed by atoms with Gasteiger partial charge in [-0.15, -0.1) is 6.58 Å². The van der Waals surface area contributed by atoms with E-state index in [4.69, 9.17) is 0 Å². The zero-order valence-corrected chi connectivity index (χ0v) is 17.0. The zero-order chi connectivity index (χ0) is 20.6. The molecule has 0 saturated heterocycles. The number of hydrogen-bond acceptors (Lipinski definition) is 2. The summed E-state index contributed by atoms with van der Waals surface area (Å²) in [6, 6.07) is 15.6. The summed E-state index contributed by atoms with van der Waals surface area (Å²) in [5, 5.41) is 5.84. The highest BCUT2D eigenvalue weighted by molar-refractivity contribution is 5.92. The third kappa shape index (κ3) is 6.49. The second-order valence-corrected chi connectivity index (χ2v) is 7.64. The van der Waals surface area contributed by atoms with Crippen LogP contribution in [0.2, 0.25) is 0 Å². The predicted molar refractivity (Wildman–Crippen MR) is 117 cm³/mol. The average Bonchev–Trinajstić information content (AvgIpc) is 3.54. The van der Waals surface area contributed by atoms with Crippen LogP contribution in [0.3, 0.4) is 0 Å². The van der Waals surface area contributed by atoms with E-state index in [1.54, 1.807) is 11.0 Å². The molecule has 1 aliphatic carbocycles. The predicted octanol–water partition coefficient (Wildman–Crippen LogP) is 3.97. The minimum Gasteiger partial charge on any atom is -0.356 e. The van der Waals surface area contributed by atoms with Gasteiger partial charge in [-0.05, 0) is 48.9 Å². The largest absolute Gasteiger partial charge is 0.356 e. The van der Waals surface area contributed by atoms with Gasteiger partial charge in [-0.3, -0.25) is 9.69 Å². The lowest BCUT2D eigenvalue weighted by molar-refractivity contribution is -0.120. The van der Waals surface area contributed by atoms with Gasteiger partial charge in [0.05, 0.1) is 13.0 Å². The molecule has 1 fully saturated rings. The molecule has 5 heteroatoms. The summed E-state index contributed by atoms with van der Waals surface area (Å²) in [6.45, 7) is 7.35. The standard InChI is InChI=1S/C24H29N3O2/c1-3-13-25-24(29)27(17-21-6-4-5-18(2)14-21)22-11-9-19(10-12-22)15-23(28)26-16-20-7-8-20/h3-6,9-12,14,20H,1,7-8,13,15-17H2,2H3,(H,25,29)(H,26,28). The number of anilines is 1. The van der Waals surface area contributed by atoms with Crippen LogP contribution in [-0.4, -0.2) is 25.0 Å². The fourth-order valence-corrected chi connectivity index (χ4v) is 3.15. The molecular formula is C24H29N3O2. The smallest absolute Gasteiger partial charge is 0.322 e. The van der Waals surface area contributed by atoms with E-state index >= 15 is 0 Å². The Morgan fingerprint density at radius 2 is 1.86 bits per heavy atom. The summed E-state index contributed by atoms with van der Waals surface area (Å²) >= 11 is 0. The van der Waals surface area contributed by atoms with Crippen LogP contribution in [0.4, 0.5) is 10.5 Å². The molecule has 3 rings (SSSR count). The van der Waals surface area contributed by atoms with E-state index < -0.39 is 0 Å². The topological polar surface area (TPSA) is 61.4 Å². The molecular weight excluding hydrogens is 362 g/mol. The van der Waals surface area contributed by atoms with Crippen molar-refractivity contribution in [1.82, 2.24) is 10.6 Å². The minimum atomic E-state index is -0.179. The van der Waals surface area contributed by atoms with E-state index in [0.29, 0.717) is 25.4 Å². The van der Waals surface area contributed by atoms with Gasteiger partial charge in [-0.1, -0.05) is 48.0 Å². The average molecular weight is 392 g/mol. The Kier molecular flexibility index (Phi) is 7.06. The Morgan fingerprint density at radius 1 is 1.10 bits per heavy atom. The fourth-order valence-electron chi connectivity index (χ4n) is 3.15. The van der Waals surface area contributed by atoms with Crippen molar-refractivity contribution in [3.63, 3.8) is 0 Å². The van der Waals surface area contributed by atoms with Crippen LogP contribution in [-0.2, 0) is 17.8 Å². The number of nitrogens with one attached hydrogen (secondary N) is 2. The van der Waals surface area contributed by atoms with Crippen molar-refractivity contribution in [2.45, 2.75) is 32.7 Å². The molecule has 0 bridgehead atoms. The lowest BCUT2D eigenvalue weighted by Crippen LogP contribution is -2.39. The number of aryl methyl sites for hydroxylation is 1. The number of carbonyl (C=O) groups excluding carboxylic acids is 2. The van der Waals surface area contributed by atoms with Crippen LogP contribution < -0.4 is 15.5 Å². The van der Waals surface area contributed by atoms with Crippen molar-refractivity contribution in [2.75, 3.05) is 18.0 Å². The van der Waals surface area contributed by atoms with Crippen LogP contribution in [0.1, 0.15) is 29.5 Å². The molecule has 3 amide bonds. The minimum absolute atomic E-state index is 0.0463.